The zero-order valence-electron chi connectivity index (χ0n) is 11.9. The molecule has 2 atom stereocenters. The third-order valence-electron chi connectivity index (χ3n) is 4.18. The normalized spacial score (nSPS) is 19.1. The van der Waals surface area contributed by atoms with Crippen molar-refractivity contribution in [2.75, 3.05) is 6.54 Å². The van der Waals surface area contributed by atoms with E-state index in [4.69, 9.17) is 0 Å². The molecule has 2 rings (SSSR count). The molecule has 0 amide bonds. The summed E-state index contributed by atoms with van der Waals surface area (Å²) in [6, 6.07) is 9.67. The summed E-state index contributed by atoms with van der Waals surface area (Å²) in [7, 11) is 0. The van der Waals surface area contributed by atoms with Gasteiger partial charge in [0.2, 0.25) is 0 Å². The number of hydrogen-bond donors (Lipinski definition) is 1. The van der Waals surface area contributed by atoms with Gasteiger partial charge in [-0.05, 0) is 42.9 Å². The van der Waals surface area contributed by atoms with Gasteiger partial charge in [0.25, 0.3) is 0 Å². The first-order valence-electron chi connectivity index (χ1n) is 7.66. The highest BCUT2D eigenvalue weighted by atomic mass is 14.9. The quantitative estimate of drug-likeness (QED) is 0.674. The molecule has 1 heteroatoms. The fourth-order valence-corrected chi connectivity index (χ4v) is 3.15. The molecule has 1 aromatic rings. The van der Waals surface area contributed by atoms with Crippen LogP contribution in [-0.2, 0) is 6.42 Å². The Labute approximate surface area is 112 Å². The molecule has 1 N–H and O–H groups in total. The molecule has 0 aromatic heterocycles. The van der Waals surface area contributed by atoms with E-state index in [2.05, 4.69) is 43.4 Å². The first-order valence-corrected chi connectivity index (χ1v) is 7.66. The van der Waals surface area contributed by atoms with Crippen molar-refractivity contribution in [2.45, 2.75) is 64.3 Å². The number of fused-ring (bicyclic) bond motifs is 1. The van der Waals surface area contributed by atoms with E-state index < -0.39 is 0 Å². The third kappa shape index (κ3) is 3.35. The van der Waals surface area contributed by atoms with E-state index in [1.165, 1.54) is 38.5 Å². The summed E-state index contributed by atoms with van der Waals surface area (Å²) in [6.07, 6.45) is 8.05. The minimum Gasteiger partial charge on any atom is -0.314 e. The van der Waals surface area contributed by atoms with Crippen LogP contribution >= 0.6 is 0 Å². The van der Waals surface area contributed by atoms with Crippen molar-refractivity contribution in [1.29, 1.82) is 0 Å². The van der Waals surface area contributed by atoms with Gasteiger partial charge in [0, 0.05) is 6.04 Å². The second-order valence-electron chi connectivity index (χ2n) is 5.59. The van der Waals surface area contributed by atoms with Gasteiger partial charge in [-0.3, -0.25) is 0 Å². The Morgan fingerprint density at radius 3 is 2.78 bits per heavy atom. The van der Waals surface area contributed by atoms with Gasteiger partial charge in [0.05, 0.1) is 0 Å². The van der Waals surface area contributed by atoms with Crippen LogP contribution in [0.5, 0.6) is 0 Å². The van der Waals surface area contributed by atoms with Gasteiger partial charge in [0.15, 0.2) is 0 Å². The van der Waals surface area contributed by atoms with Gasteiger partial charge in [-0.2, -0.15) is 0 Å². The van der Waals surface area contributed by atoms with Gasteiger partial charge in [0.1, 0.15) is 0 Å². The van der Waals surface area contributed by atoms with Crippen LogP contribution in [0, 0.1) is 0 Å². The maximum absolute atomic E-state index is 3.67. The van der Waals surface area contributed by atoms with E-state index in [0.717, 1.165) is 18.5 Å². The van der Waals surface area contributed by atoms with Crippen LogP contribution in [0.25, 0.3) is 0 Å². The number of unbranched alkanes of at least 4 members (excludes halogenated alkanes) is 2. The predicted octanol–water partition coefficient (Wildman–Crippen LogP) is 4.27. The Bertz CT molecular complexity index is 358. The molecular weight excluding hydrogens is 218 g/mol. The maximum atomic E-state index is 3.67. The molecule has 0 saturated heterocycles. The Morgan fingerprint density at radius 2 is 2.06 bits per heavy atom. The summed E-state index contributed by atoms with van der Waals surface area (Å²) in [5.41, 5.74) is 3.18. The van der Waals surface area contributed by atoms with Crippen LogP contribution in [0.15, 0.2) is 24.3 Å². The van der Waals surface area contributed by atoms with Crippen LogP contribution in [-0.4, -0.2) is 12.6 Å². The summed E-state index contributed by atoms with van der Waals surface area (Å²) in [6.45, 7) is 5.61. The van der Waals surface area contributed by atoms with E-state index >= 15 is 0 Å². The molecule has 1 aliphatic carbocycles. The average Bonchev–Trinajstić information content (AvgIpc) is 2.36. The molecular formula is C17H27N. The third-order valence-corrected chi connectivity index (χ3v) is 4.18. The monoisotopic (exact) mass is 245 g/mol. The largest absolute Gasteiger partial charge is 0.314 e. The topological polar surface area (TPSA) is 12.0 Å². The van der Waals surface area contributed by atoms with Gasteiger partial charge in [-0.15, -0.1) is 0 Å². The SMILES string of the molecule is CCCCCC(CC1Cc2ccccc21)NCC. The number of rotatable bonds is 8. The van der Waals surface area contributed by atoms with Gasteiger partial charge < -0.3 is 5.32 Å². The first kappa shape index (κ1) is 13.6. The number of nitrogens with one attached hydrogen (secondary N) is 1. The lowest BCUT2D eigenvalue weighted by atomic mass is 9.74. The summed E-state index contributed by atoms with van der Waals surface area (Å²) in [5, 5.41) is 3.67. The highest BCUT2D eigenvalue weighted by molar-refractivity contribution is 5.39. The summed E-state index contributed by atoms with van der Waals surface area (Å²) in [5.74, 6) is 0.812. The van der Waals surface area contributed by atoms with E-state index in [1.807, 2.05) is 0 Å². The molecule has 1 aromatic carbocycles. The fourth-order valence-electron chi connectivity index (χ4n) is 3.15. The maximum Gasteiger partial charge on any atom is 0.00728 e. The molecule has 0 aliphatic heterocycles. The Kier molecular flexibility index (Phi) is 5.25. The lowest BCUT2D eigenvalue weighted by Crippen LogP contribution is -2.33. The van der Waals surface area contributed by atoms with Crippen LogP contribution < -0.4 is 5.32 Å². The van der Waals surface area contributed by atoms with Gasteiger partial charge in [-0.25, -0.2) is 0 Å². The van der Waals surface area contributed by atoms with Gasteiger partial charge in [-0.1, -0.05) is 57.4 Å². The molecule has 0 fully saturated rings. The smallest absolute Gasteiger partial charge is 0.00728 e. The van der Waals surface area contributed by atoms with Crippen LogP contribution in [0.3, 0.4) is 0 Å². The van der Waals surface area contributed by atoms with E-state index in [0.29, 0.717) is 0 Å². The molecule has 100 valence electrons. The first-order chi connectivity index (χ1) is 8.85. The molecule has 1 nitrogen and oxygen atoms in total. The summed E-state index contributed by atoms with van der Waals surface area (Å²) < 4.78 is 0. The fraction of sp³-hybridized carbons (Fsp3) is 0.647. The van der Waals surface area contributed by atoms with Crippen LogP contribution in [0.2, 0.25) is 0 Å². The lowest BCUT2D eigenvalue weighted by Gasteiger charge is -2.33. The van der Waals surface area contributed by atoms with E-state index in [1.54, 1.807) is 11.1 Å². The standard InChI is InChI=1S/C17H27N/c1-3-5-6-10-16(18-4-2)13-15-12-14-9-7-8-11-17(14)15/h7-9,11,15-16,18H,3-6,10,12-13H2,1-2H3. The van der Waals surface area contributed by atoms with Crippen LogP contribution in [0.1, 0.15) is 63.0 Å². The zero-order chi connectivity index (χ0) is 12.8. The summed E-state index contributed by atoms with van der Waals surface area (Å²) >= 11 is 0. The lowest BCUT2D eigenvalue weighted by molar-refractivity contribution is 0.393. The Balaban J connectivity index is 1.83. The number of benzene rings is 1. The zero-order valence-corrected chi connectivity index (χ0v) is 11.9. The van der Waals surface area contributed by atoms with Crippen molar-refractivity contribution in [3.63, 3.8) is 0 Å². The van der Waals surface area contributed by atoms with Crippen molar-refractivity contribution >= 4 is 0 Å². The van der Waals surface area contributed by atoms with Crippen LogP contribution in [0.4, 0.5) is 0 Å². The molecule has 0 spiro atoms. The minimum atomic E-state index is 0.722. The van der Waals surface area contributed by atoms with Crippen molar-refractivity contribution in [1.82, 2.24) is 5.32 Å². The molecule has 0 bridgehead atoms. The molecule has 0 heterocycles. The Morgan fingerprint density at radius 1 is 1.22 bits per heavy atom. The molecule has 1 aliphatic rings. The average molecular weight is 245 g/mol. The van der Waals surface area contributed by atoms with Gasteiger partial charge >= 0.3 is 0 Å². The van der Waals surface area contributed by atoms with Crippen molar-refractivity contribution in [2.24, 2.45) is 0 Å². The highest BCUT2D eigenvalue weighted by Gasteiger charge is 2.27. The summed E-state index contributed by atoms with van der Waals surface area (Å²) in [4.78, 5) is 0. The van der Waals surface area contributed by atoms with Crippen molar-refractivity contribution in [3.8, 4) is 0 Å². The molecule has 2 unspecified atom stereocenters. The Hall–Kier alpha value is -0.820. The number of hydrogen-bond acceptors (Lipinski definition) is 1. The van der Waals surface area contributed by atoms with E-state index in [-0.39, 0.29) is 0 Å². The molecule has 18 heavy (non-hydrogen) atoms. The highest BCUT2D eigenvalue weighted by Crippen LogP contribution is 2.38. The van der Waals surface area contributed by atoms with E-state index in [9.17, 15) is 0 Å². The predicted molar refractivity (Wildman–Crippen MR) is 79.1 cm³/mol. The van der Waals surface area contributed by atoms with Crippen molar-refractivity contribution in [3.05, 3.63) is 35.4 Å². The second kappa shape index (κ2) is 6.94. The second-order valence-corrected chi connectivity index (χ2v) is 5.59. The molecule has 0 saturated carbocycles. The minimum absolute atomic E-state index is 0.722. The molecule has 0 radical (unpaired) electrons. The van der Waals surface area contributed by atoms with Crippen molar-refractivity contribution < 1.29 is 0 Å².